The van der Waals surface area contributed by atoms with E-state index in [9.17, 15) is 4.79 Å². The molecule has 0 spiro atoms. The molecule has 2 aromatic carbocycles. The predicted molar refractivity (Wildman–Crippen MR) is 70.6 cm³/mol. The summed E-state index contributed by atoms with van der Waals surface area (Å²) in [6.07, 6.45) is 0. The van der Waals surface area contributed by atoms with Gasteiger partial charge in [0.1, 0.15) is 0 Å². The number of ketones is 1. The zero-order valence-electron chi connectivity index (χ0n) is 10.4. The average molecular weight is 238 g/mol. The first-order chi connectivity index (χ1) is 8.68. The Morgan fingerprint density at radius 1 is 0.889 bits per heavy atom. The maximum absolute atomic E-state index is 12.6. The molecule has 1 aliphatic rings. The highest BCUT2D eigenvalue weighted by Gasteiger charge is 2.42. The van der Waals surface area contributed by atoms with E-state index in [2.05, 4.69) is 0 Å². The molecule has 0 radical (unpaired) electrons. The van der Waals surface area contributed by atoms with Gasteiger partial charge in [-0.2, -0.15) is 0 Å². The van der Waals surface area contributed by atoms with Crippen LogP contribution in [0.3, 0.4) is 0 Å². The van der Waals surface area contributed by atoms with E-state index in [1.165, 1.54) is 0 Å². The smallest absolute Gasteiger partial charge is 0.199 e. The number of carbonyl (C=O) groups is 1. The Labute approximate surface area is 106 Å². The molecule has 0 aromatic heterocycles. The molecule has 0 aliphatic heterocycles. The number of rotatable bonds is 1. The van der Waals surface area contributed by atoms with Gasteiger partial charge in [0.05, 0.1) is 0 Å². The monoisotopic (exact) mass is 238 g/mol. The van der Waals surface area contributed by atoms with Gasteiger partial charge in [0.25, 0.3) is 0 Å². The third kappa shape index (κ3) is 1.30. The molecule has 0 fully saturated rings. The van der Waals surface area contributed by atoms with Crippen LogP contribution in [0.2, 0.25) is 0 Å². The van der Waals surface area contributed by atoms with Crippen LogP contribution in [0.15, 0.2) is 48.5 Å². The fourth-order valence-electron chi connectivity index (χ4n) is 2.63. The molecule has 0 saturated carbocycles. The Hall–Kier alpha value is -1.93. The lowest BCUT2D eigenvalue weighted by atomic mass is 9.75. The molecule has 3 rings (SSSR count). The van der Waals surface area contributed by atoms with E-state index in [1.54, 1.807) is 7.11 Å². The van der Waals surface area contributed by atoms with Gasteiger partial charge >= 0.3 is 0 Å². The summed E-state index contributed by atoms with van der Waals surface area (Å²) in [5.41, 5.74) is 2.87. The van der Waals surface area contributed by atoms with Gasteiger partial charge in [0.15, 0.2) is 11.4 Å². The molecule has 0 saturated heterocycles. The molecule has 90 valence electrons. The lowest BCUT2D eigenvalue weighted by Crippen LogP contribution is -2.38. The number of ether oxygens (including phenoxy) is 1. The second-order valence-corrected chi connectivity index (χ2v) is 4.66. The molecule has 1 unspecified atom stereocenters. The zero-order valence-corrected chi connectivity index (χ0v) is 10.4. The van der Waals surface area contributed by atoms with Gasteiger partial charge < -0.3 is 4.74 Å². The maximum atomic E-state index is 12.6. The van der Waals surface area contributed by atoms with Crippen LogP contribution in [0.4, 0.5) is 0 Å². The lowest BCUT2D eigenvalue weighted by Gasteiger charge is -2.34. The molecule has 1 aliphatic carbocycles. The first-order valence-electron chi connectivity index (χ1n) is 5.97. The van der Waals surface area contributed by atoms with E-state index in [1.807, 2.05) is 55.5 Å². The highest BCUT2D eigenvalue weighted by atomic mass is 16.5. The van der Waals surface area contributed by atoms with Crippen molar-refractivity contribution in [3.8, 4) is 11.1 Å². The van der Waals surface area contributed by atoms with E-state index in [0.29, 0.717) is 0 Å². The topological polar surface area (TPSA) is 26.3 Å². The number of Topliss-reactive ketones (excluding diaryl/α,β-unsaturated/α-hetero) is 1. The molecule has 18 heavy (non-hydrogen) atoms. The molecular formula is C16H14O2. The summed E-state index contributed by atoms with van der Waals surface area (Å²) in [5, 5.41) is 0. The fourth-order valence-corrected chi connectivity index (χ4v) is 2.63. The van der Waals surface area contributed by atoms with E-state index < -0.39 is 5.60 Å². The standard InChI is InChI=1S/C16H14O2/c1-16(18-2)14-10-6-5-8-12(14)11-7-3-4-9-13(11)15(16)17/h3-10H,1-2H3. The second-order valence-electron chi connectivity index (χ2n) is 4.66. The van der Waals surface area contributed by atoms with Gasteiger partial charge in [-0.3, -0.25) is 4.79 Å². The first kappa shape index (κ1) is 11.2. The van der Waals surface area contributed by atoms with Crippen LogP contribution in [0.1, 0.15) is 22.8 Å². The van der Waals surface area contributed by atoms with Gasteiger partial charge in [-0.15, -0.1) is 0 Å². The minimum atomic E-state index is -0.884. The van der Waals surface area contributed by atoms with E-state index >= 15 is 0 Å². The molecule has 0 N–H and O–H groups in total. The van der Waals surface area contributed by atoms with E-state index in [-0.39, 0.29) is 5.78 Å². The van der Waals surface area contributed by atoms with Gasteiger partial charge in [0.2, 0.25) is 0 Å². The van der Waals surface area contributed by atoms with Crippen molar-refractivity contribution in [2.45, 2.75) is 12.5 Å². The van der Waals surface area contributed by atoms with E-state index in [4.69, 9.17) is 4.74 Å². The molecule has 1 atom stereocenters. The molecule has 2 heteroatoms. The second kappa shape index (κ2) is 3.79. The number of carbonyl (C=O) groups excluding carboxylic acids is 1. The predicted octanol–water partition coefficient (Wildman–Crippen LogP) is 3.41. The van der Waals surface area contributed by atoms with Crippen molar-refractivity contribution >= 4 is 5.78 Å². The van der Waals surface area contributed by atoms with Crippen molar-refractivity contribution in [3.63, 3.8) is 0 Å². The molecular weight excluding hydrogens is 224 g/mol. The van der Waals surface area contributed by atoms with Crippen molar-refractivity contribution in [3.05, 3.63) is 59.7 Å². The molecule has 0 heterocycles. The Morgan fingerprint density at radius 3 is 2.11 bits per heavy atom. The van der Waals surface area contributed by atoms with Gasteiger partial charge in [-0.25, -0.2) is 0 Å². The van der Waals surface area contributed by atoms with Gasteiger partial charge in [-0.1, -0.05) is 48.5 Å². The molecule has 0 amide bonds. The number of methoxy groups -OCH3 is 1. The summed E-state index contributed by atoms with van der Waals surface area (Å²) >= 11 is 0. The third-order valence-corrected chi connectivity index (χ3v) is 3.74. The summed E-state index contributed by atoms with van der Waals surface area (Å²) in [7, 11) is 1.59. The van der Waals surface area contributed by atoms with Crippen LogP contribution < -0.4 is 0 Å². The number of fused-ring (bicyclic) bond motifs is 3. The van der Waals surface area contributed by atoms with Crippen LogP contribution in [-0.4, -0.2) is 12.9 Å². The zero-order chi connectivity index (χ0) is 12.8. The summed E-state index contributed by atoms with van der Waals surface area (Å²) in [6, 6.07) is 15.6. The third-order valence-electron chi connectivity index (χ3n) is 3.74. The van der Waals surface area contributed by atoms with Crippen molar-refractivity contribution in [2.24, 2.45) is 0 Å². The summed E-state index contributed by atoms with van der Waals surface area (Å²) in [4.78, 5) is 12.6. The molecule has 2 nitrogen and oxygen atoms in total. The SMILES string of the molecule is COC1(C)C(=O)c2ccccc2-c2ccccc21. The normalized spacial score (nSPS) is 21.3. The first-order valence-corrected chi connectivity index (χ1v) is 5.97. The highest BCUT2D eigenvalue weighted by molar-refractivity contribution is 6.11. The Bertz CT molecular complexity index is 630. The molecule has 2 aromatic rings. The van der Waals surface area contributed by atoms with E-state index in [0.717, 1.165) is 22.3 Å². The number of hydrogen-bond acceptors (Lipinski definition) is 2. The largest absolute Gasteiger partial charge is 0.366 e. The molecule has 0 bridgehead atoms. The maximum Gasteiger partial charge on any atom is 0.199 e. The number of hydrogen-bond donors (Lipinski definition) is 0. The van der Waals surface area contributed by atoms with Crippen LogP contribution in [0, 0.1) is 0 Å². The lowest BCUT2D eigenvalue weighted by molar-refractivity contribution is 0.00968. The quantitative estimate of drug-likeness (QED) is 0.761. The summed E-state index contributed by atoms with van der Waals surface area (Å²) < 4.78 is 5.52. The van der Waals surface area contributed by atoms with Crippen LogP contribution in [-0.2, 0) is 10.3 Å². The Balaban J connectivity index is 2.39. The Kier molecular flexibility index (Phi) is 2.35. The van der Waals surface area contributed by atoms with Crippen molar-refractivity contribution in [2.75, 3.05) is 7.11 Å². The Morgan fingerprint density at radius 2 is 1.44 bits per heavy atom. The summed E-state index contributed by atoms with van der Waals surface area (Å²) in [6.45, 7) is 1.84. The average Bonchev–Trinajstić information content (AvgIpc) is 2.45. The minimum Gasteiger partial charge on any atom is -0.366 e. The van der Waals surface area contributed by atoms with Crippen LogP contribution in [0.5, 0.6) is 0 Å². The summed E-state index contributed by atoms with van der Waals surface area (Å²) in [5.74, 6) is 0.0271. The van der Waals surface area contributed by atoms with Crippen LogP contribution >= 0.6 is 0 Å². The van der Waals surface area contributed by atoms with Gasteiger partial charge in [-0.05, 0) is 23.6 Å². The highest BCUT2D eigenvalue weighted by Crippen LogP contribution is 2.43. The minimum absolute atomic E-state index is 0.0271. The van der Waals surface area contributed by atoms with Gasteiger partial charge in [0, 0.05) is 12.7 Å². The fraction of sp³-hybridized carbons (Fsp3) is 0.188. The van der Waals surface area contributed by atoms with Crippen molar-refractivity contribution in [1.29, 1.82) is 0 Å². The van der Waals surface area contributed by atoms with Crippen LogP contribution in [0.25, 0.3) is 11.1 Å². The number of benzene rings is 2. The van der Waals surface area contributed by atoms with Crippen molar-refractivity contribution < 1.29 is 9.53 Å². The van der Waals surface area contributed by atoms with Crippen molar-refractivity contribution in [1.82, 2.24) is 0 Å².